The lowest BCUT2D eigenvalue weighted by Crippen LogP contribution is -2.21. The van der Waals surface area contributed by atoms with Gasteiger partial charge < -0.3 is 0 Å². The summed E-state index contributed by atoms with van der Waals surface area (Å²) in [5, 5.41) is 4.63. The molecule has 3 aromatic rings. The summed E-state index contributed by atoms with van der Waals surface area (Å²) in [4.78, 5) is 18.1. The number of nitrogens with zero attached hydrogens (tertiary/aromatic N) is 2. The highest BCUT2D eigenvalue weighted by Gasteiger charge is 2.39. The number of carbonyl (C=O) groups excluding carboxylic acids is 1. The van der Waals surface area contributed by atoms with Gasteiger partial charge >= 0.3 is 6.18 Å². The first-order valence-electron chi connectivity index (χ1n) is 8.52. The number of ketones is 1. The Balaban J connectivity index is 2.13. The van der Waals surface area contributed by atoms with Crippen LogP contribution < -0.4 is 5.14 Å². The SMILES string of the molecule is NS(=O)(=O)c1c(C(F)(F)F)ccc(-c2cccc(C(=O)Cc3ccnc(Cl)n3)c2F)c1F. The Morgan fingerprint density at radius 2 is 1.69 bits per heavy atom. The molecule has 0 saturated carbocycles. The lowest BCUT2D eigenvalue weighted by atomic mass is 9.97. The zero-order valence-corrected chi connectivity index (χ0v) is 17.2. The van der Waals surface area contributed by atoms with E-state index in [9.17, 15) is 30.8 Å². The minimum atomic E-state index is -5.24. The molecule has 0 atom stereocenters. The predicted octanol–water partition coefficient (Wildman–Crippen LogP) is 4.17. The number of benzene rings is 2. The second-order valence-corrected chi connectivity index (χ2v) is 8.27. The Morgan fingerprint density at radius 3 is 2.28 bits per heavy atom. The van der Waals surface area contributed by atoms with Gasteiger partial charge in [0.2, 0.25) is 15.3 Å². The van der Waals surface area contributed by atoms with Crippen molar-refractivity contribution in [1.82, 2.24) is 9.97 Å². The number of nitrogens with two attached hydrogens (primary N) is 1. The third-order valence-electron chi connectivity index (χ3n) is 4.30. The maximum atomic E-state index is 15.1. The van der Waals surface area contributed by atoms with Crippen LogP contribution in [0, 0.1) is 11.6 Å². The van der Waals surface area contributed by atoms with E-state index >= 15 is 4.39 Å². The normalized spacial score (nSPS) is 12.1. The molecule has 3 rings (SSSR count). The molecule has 32 heavy (non-hydrogen) atoms. The van der Waals surface area contributed by atoms with E-state index in [2.05, 4.69) is 9.97 Å². The number of alkyl halides is 3. The Bertz CT molecular complexity index is 1330. The number of carbonyl (C=O) groups is 1. The molecular formula is C19H11ClF5N3O3S. The van der Waals surface area contributed by atoms with Crippen LogP contribution >= 0.6 is 11.6 Å². The van der Waals surface area contributed by atoms with E-state index in [4.69, 9.17) is 16.7 Å². The summed E-state index contributed by atoms with van der Waals surface area (Å²) >= 11 is 5.64. The molecule has 0 aliphatic heterocycles. The van der Waals surface area contributed by atoms with Crippen molar-refractivity contribution in [2.24, 2.45) is 5.14 Å². The van der Waals surface area contributed by atoms with Crippen LogP contribution in [-0.4, -0.2) is 24.2 Å². The highest BCUT2D eigenvalue weighted by atomic mass is 35.5. The van der Waals surface area contributed by atoms with Crippen molar-refractivity contribution in [1.29, 1.82) is 0 Å². The van der Waals surface area contributed by atoms with Gasteiger partial charge in [0.1, 0.15) is 10.7 Å². The molecule has 0 radical (unpaired) electrons. The van der Waals surface area contributed by atoms with Gasteiger partial charge in [-0.05, 0) is 29.8 Å². The summed E-state index contributed by atoms with van der Waals surface area (Å²) in [6, 6.07) is 5.41. The summed E-state index contributed by atoms with van der Waals surface area (Å²) in [7, 11) is -5.17. The fourth-order valence-corrected chi connectivity index (χ4v) is 3.96. The van der Waals surface area contributed by atoms with Crippen LogP contribution in [0.5, 0.6) is 0 Å². The molecule has 0 saturated heterocycles. The summed E-state index contributed by atoms with van der Waals surface area (Å²) < 4.78 is 92.8. The second kappa shape index (κ2) is 8.52. The lowest BCUT2D eigenvalue weighted by Gasteiger charge is -2.15. The van der Waals surface area contributed by atoms with Crippen LogP contribution in [0.4, 0.5) is 22.0 Å². The maximum absolute atomic E-state index is 15.1. The quantitative estimate of drug-likeness (QED) is 0.328. The summed E-state index contributed by atoms with van der Waals surface area (Å²) in [6.07, 6.45) is -4.37. The van der Waals surface area contributed by atoms with E-state index in [1.54, 1.807) is 0 Å². The maximum Gasteiger partial charge on any atom is 0.417 e. The van der Waals surface area contributed by atoms with E-state index in [1.807, 2.05) is 0 Å². The van der Waals surface area contributed by atoms with Crippen LogP contribution in [0.2, 0.25) is 5.28 Å². The van der Waals surface area contributed by atoms with Crippen LogP contribution in [0.15, 0.2) is 47.5 Å². The Labute approximate surface area is 182 Å². The molecule has 0 amide bonds. The molecule has 0 bridgehead atoms. The molecule has 2 aromatic carbocycles. The van der Waals surface area contributed by atoms with E-state index in [0.717, 1.165) is 18.2 Å². The molecule has 0 unspecified atom stereocenters. The van der Waals surface area contributed by atoms with E-state index in [1.165, 1.54) is 12.3 Å². The lowest BCUT2D eigenvalue weighted by molar-refractivity contribution is -0.140. The summed E-state index contributed by atoms with van der Waals surface area (Å²) in [5.41, 5.74) is -3.65. The van der Waals surface area contributed by atoms with Gasteiger partial charge in [-0.3, -0.25) is 4.79 Å². The zero-order chi connectivity index (χ0) is 23.8. The smallest absolute Gasteiger partial charge is 0.294 e. The third kappa shape index (κ3) is 4.76. The Kier molecular flexibility index (Phi) is 6.31. The van der Waals surface area contributed by atoms with Gasteiger partial charge in [0, 0.05) is 17.3 Å². The molecule has 168 valence electrons. The van der Waals surface area contributed by atoms with E-state index in [-0.39, 0.29) is 17.0 Å². The molecule has 0 spiro atoms. The average molecular weight is 492 g/mol. The molecular weight excluding hydrogens is 481 g/mol. The fourth-order valence-electron chi connectivity index (χ4n) is 2.95. The summed E-state index contributed by atoms with van der Waals surface area (Å²) in [6.45, 7) is 0. The topological polar surface area (TPSA) is 103 Å². The van der Waals surface area contributed by atoms with Gasteiger partial charge in [0.25, 0.3) is 0 Å². The number of primary sulfonamides is 1. The molecule has 0 fully saturated rings. The molecule has 2 N–H and O–H groups in total. The highest BCUT2D eigenvalue weighted by molar-refractivity contribution is 7.89. The minimum Gasteiger partial charge on any atom is -0.294 e. The van der Waals surface area contributed by atoms with Crippen LogP contribution in [0.3, 0.4) is 0 Å². The fraction of sp³-hybridized carbons (Fsp3) is 0.105. The number of aromatic nitrogens is 2. The second-order valence-electron chi connectivity index (χ2n) is 6.43. The van der Waals surface area contributed by atoms with E-state index in [0.29, 0.717) is 6.07 Å². The van der Waals surface area contributed by atoms with E-state index < -0.39 is 67.2 Å². The zero-order valence-electron chi connectivity index (χ0n) is 15.6. The van der Waals surface area contributed by atoms with Crippen molar-refractivity contribution >= 4 is 27.4 Å². The van der Waals surface area contributed by atoms with Crippen LogP contribution in [-0.2, 0) is 22.6 Å². The molecule has 1 heterocycles. The Hall–Kier alpha value is -2.96. The summed E-state index contributed by atoms with van der Waals surface area (Å²) in [5.74, 6) is -3.96. The first-order valence-corrected chi connectivity index (χ1v) is 10.4. The predicted molar refractivity (Wildman–Crippen MR) is 103 cm³/mol. The third-order valence-corrected chi connectivity index (χ3v) is 5.45. The molecule has 6 nitrogen and oxygen atoms in total. The van der Waals surface area contributed by atoms with Gasteiger partial charge in [-0.15, -0.1) is 0 Å². The Morgan fingerprint density at radius 1 is 1.03 bits per heavy atom. The monoisotopic (exact) mass is 491 g/mol. The van der Waals surface area contributed by atoms with Crippen molar-refractivity contribution < 1.29 is 35.2 Å². The minimum absolute atomic E-state index is 0.146. The van der Waals surface area contributed by atoms with Gasteiger partial charge in [0.15, 0.2) is 11.6 Å². The van der Waals surface area contributed by atoms with Gasteiger partial charge in [0.05, 0.1) is 23.2 Å². The van der Waals surface area contributed by atoms with Crippen molar-refractivity contribution in [2.45, 2.75) is 17.5 Å². The number of Topliss-reactive ketones (excluding diaryl/α,β-unsaturated/α-hetero) is 1. The number of sulfonamides is 1. The standard InChI is InChI=1S/C19H11ClF5N3O3S/c20-18-27-7-6-9(28-18)8-14(29)12-3-1-2-10(15(12)21)11-4-5-13(19(23,24)25)17(16(11)22)32(26,30)31/h1-7H,8H2,(H2,26,30,31). The molecule has 0 aliphatic rings. The number of halogens is 6. The highest BCUT2D eigenvalue weighted by Crippen LogP contribution is 2.39. The van der Waals surface area contributed by atoms with Crippen LogP contribution in [0.25, 0.3) is 11.1 Å². The van der Waals surface area contributed by atoms with Crippen molar-refractivity contribution in [3.05, 3.63) is 76.3 Å². The van der Waals surface area contributed by atoms with Crippen molar-refractivity contribution in [3.8, 4) is 11.1 Å². The van der Waals surface area contributed by atoms with Gasteiger partial charge in [-0.2, -0.15) is 13.2 Å². The van der Waals surface area contributed by atoms with Crippen molar-refractivity contribution in [2.75, 3.05) is 0 Å². The van der Waals surface area contributed by atoms with Gasteiger partial charge in [-0.25, -0.2) is 32.3 Å². The van der Waals surface area contributed by atoms with Crippen LogP contribution in [0.1, 0.15) is 21.6 Å². The first-order chi connectivity index (χ1) is 14.8. The molecule has 0 aliphatic carbocycles. The average Bonchev–Trinajstić information content (AvgIpc) is 2.66. The molecule has 13 heteroatoms. The number of hydrogen-bond donors (Lipinski definition) is 1. The number of rotatable bonds is 5. The first kappa shape index (κ1) is 23.7. The van der Waals surface area contributed by atoms with Crippen molar-refractivity contribution in [3.63, 3.8) is 0 Å². The van der Waals surface area contributed by atoms with Gasteiger partial charge in [-0.1, -0.05) is 18.2 Å². The largest absolute Gasteiger partial charge is 0.417 e. The molecule has 1 aromatic heterocycles. The number of hydrogen-bond acceptors (Lipinski definition) is 5.